The zero-order valence-electron chi connectivity index (χ0n) is 10.6. The fourth-order valence-electron chi connectivity index (χ4n) is 1.53. The molecule has 0 aliphatic carbocycles. The van der Waals surface area contributed by atoms with Crippen molar-refractivity contribution in [2.45, 2.75) is 32.5 Å². The average Bonchev–Trinajstić information content (AvgIpc) is 2.26. The van der Waals surface area contributed by atoms with Crippen molar-refractivity contribution in [2.24, 2.45) is 0 Å². The summed E-state index contributed by atoms with van der Waals surface area (Å²) in [6.45, 7) is 2.52. The number of aliphatic hydroxyl groups is 1. The van der Waals surface area contributed by atoms with Crippen molar-refractivity contribution in [3.05, 3.63) is 23.4 Å². The molecule has 0 saturated carbocycles. The molecule has 0 aliphatic heterocycles. The van der Waals surface area contributed by atoms with Gasteiger partial charge in [0.25, 0.3) is 0 Å². The number of pyridine rings is 1. The summed E-state index contributed by atoms with van der Waals surface area (Å²) in [6.07, 6.45) is -4.27. The Morgan fingerprint density at radius 2 is 1.94 bits per heavy atom. The summed E-state index contributed by atoms with van der Waals surface area (Å²) in [6, 6.07) is 3.17. The third-order valence-electron chi connectivity index (χ3n) is 2.47. The van der Waals surface area contributed by atoms with Crippen molar-refractivity contribution >= 4 is 5.82 Å². The molecule has 0 aromatic carbocycles. The van der Waals surface area contributed by atoms with Gasteiger partial charge in [0.05, 0.1) is 6.61 Å². The standard InChI is InChI=1S/C12H17F3N2O/c1-8(2)10-4-9(6-18)5-11(16-10)17(3)7-12(13,14)15/h4-5,8,18H,6-7H2,1-3H3. The Morgan fingerprint density at radius 3 is 2.39 bits per heavy atom. The van der Waals surface area contributed by atoms with Gasteiger partial charge in [0.15, 0.2) is 0 Å². The molecule has 0 bridgehead atoms. The molecular weight excluding hydrogens is 245 g/mol. The number of nitrogens with zero attached hydrogens (tertiary/aromatic N) is 2. The molecule has 1 heterocycles. The molecule has 0 atom stereocenters. The van der Waals surface area contributed by atoms with E-state index in [1.807, 2.05) is 13.8 Å². The van der Waals surface area contributed by atoms with Crippen LogP contribution in [0.3, 0.4) is 0 Å². The molecule has 1 N–H and O–H groups in total. The van der Waals surface area contributed by atoms with Gasteiger partial charge < -0.3 is 10.0 Å². The fourth-order valence-corrected chi connectivity index (χ4v) is 1.53. The minimum atomic E-state index is -4.27. The van der Waals surface area contributed by atoms with E-state index in [0.717, 1.165) is 4.90 Å². The third kappa shape index (κ3) is 4.18. The number of aliphatic hydroxyl groups excluding tert-OH is 1. The van der Waals surface area contributed by atoms with Crippen molar-refractivity contribution in [3.63, 3.8) is 0 Å². The summed E-state index contributed by atoms with van der Waals surface area (Å²) in [4.78, 5) is 5.21. The summed E-state index contributed by atoms with van der Waals surface area (Å²) in [5.74, 6) is 0.317. The number of rotatable bonds is 4. The first-order valence-electron chi connectivity index (χ1n) is 5.62. The van der Waals surface area contributed by atoms with Crippen LogP contribution in [-0.2, 0) is 6.61 Å². The van der Waals surface area contributed by atoms with E-state index in [4.69, 9.17) is 5.11 Å². The first kappa shape index (κ1) is 14.8. The van der Waals surface area contributed by atoms with Crippen molar-refractivity contribution in [3.8, 4) is 0 Å². The average molecular weight is 262 g/mol. The largest absolute Gasteiger partial charge is 0.405 e. The first-order chi connectivity index (χ1) is 8.23. The van der Waals surface area contributed by atoms with Crippen LogP contribution in [0, 0.1) is 0 Å². The van der Waals surface area contributed by atoms with Gasteiger partial charge in [-0.1, -0.05) is 13.8 Å². The van der Waals surface area contributed by atoms with Gasteiger partial charge in [-0.05, 0) is 23.6 Å². The predicted molar refractivity (Wildman–Crippen MR) is 63.6 cm³/mol. The molecule has 0 fully saturated rings. The quantitative estimate of drug-likeness (QED) is 0.906. The van der Waals surface area contributed by atoms with Gasteiger partial charge in [-0.15, -0.1) is 0 Å². The van der Waals surface area contributed by atoms with Crippen molar-refractivity contribution in [1.29, 1.82) is 0 Å². The molecule has 0 unspecified atom stereocenters. The summed E-state index contributed by atoms with van der Waals surface area (Å²) >= 11 is 0. The van der Waals surface area contributed by atoms with Crippen LogP contribution >= 0.6 is 0 Å². The summed E-state index contributed by atoms with van der Waals surface area (Å²) in [5, 5.41) is 9.11. The number of hydrogen-bond acceptors (Lipinski definition) is 3. The van der Waals surface area contributed by atoms with E-state index in [9.17, 15) is 13.2 Å². The zero-order valence-corrected chi connectivity index (χ0v) is 10.6. The molecule has 1 aromatic rings. The van der Waals surface area contributed by atoms with Gasteiger partial charge in [-0.3, -0.25) is 0 Å². The van der Waals surface area contributed by atoms with Gasteiger partial charge in [0.2, 0.25) is 0 Å². The highest BCUT2D eigenvalue weighted by Crippen LogP contribution is 2.23. The third-order valence-corrected chi connectivity index (χ3v) is 2.47. The van der Waals surface area contributed by atoms with Gasteiger partial charge >= 0.3 is 6.18 Å². The number of halogens is 3. The molecule has 0 saturated heterocycles. The summed E-state index contributed by atoms with van der Waals surface area (Å²) in [5.41, 5.74) is 1.24. The Balaban J connectivity index is 3.04. The van der Waals surface area contributed by atoms with Crippen molar-refractivity contribution < 1.29 is 18.3 Å². The van der Waals surface area contributed by atoms with Crippen LogP contribution in [-0.4, -0.2) is 29.9 Å². The highest BCUT2D eigenvalue weighted by molar-refractivity contribution is 5.42. The molecule has 6 heteroatoms. The SMILES string of the molecule is CC(C)c1cc(CO)cc(N(C)CC(F)(F)F)n1. The number of aromatic nitrogens is 1. The lowest BCUT2D eigenvalue weighted by Gasteiger charge is -2.21. The maximum Gasteiger partial charge on any atom is 0.405 e. The fraction of sp³-hybridized carbons (Fsp3) is 0.583. The maximum absolute atomic E-state index is 12.3. The van der Waals surface area contributed by atoms with E-state index in [0.29, 0.717) is 11.3 Å². The van der Waals surface area contributed by atoms with Crippen LogP contribution < -0.4 is 4.90 Å². The molecule has 0 spiro atoms. The van der Waals surface area contributed by atoms with Crippen LogP contribution in [0.25, 0.3) is 0 Å². The van der Waals surface area contributed by atoms with Crippen LogP contribution in [0.1, 0.15) is 31.0 Å². The maximum atomic E-state index is 12.3. The van der Waals surface area contributed by atoms with Crippen molar-refractivity contribution in [2.75, 3.05) is 18.5 Å². The monoisotopic (exact) mass is 262 g/mol. The van der Waals surface area contributed by atoms with Gasteiger partial charge in [0, 0.05) is 12.7 Å². The Morgan fingerprint density at radius 1 is 1.33 bits per heavy atom. The lowest BCUT2D eigenvalue weighted by atomic mass is 10.1. The number of anilines is 1. The van der Waals surface area contributed by atoms with E-state index < -0.39 is 12.7 Å². The van der Waals surface area contributed by atoms with Crippen LogP contribution in [0.5, 0.6) is 0 Å². The second-order valence-electron chi connectivity index (χ2n) is 4.54. The molecule has 1 aromatic heterocycles. The molecule has 3 nitrogen and oxygen atoms in total. The van der Waals surface area contributed by atoms with Crippen LogP contribution in [0.15, 0.2) is 12.1 Å². The van der Waals surface area contributed by atoms with Crippen LogP contribution in [0.4, 0.5) is 19.0 Å². The zero-order chi connectivity index (χ0) is 13.9. The van der Waals surface area contributed by atoms with Gasteiger partial charge in [-0.2, -0.15) is 13.2 Å². The first-order valence-corrected chi connectivity index (χ1v) is 5.62. The summed E-state index contributed by atoms with van der Waals surface area (Å²) < 4.78 is 36.9. The van der Waals surface area contributed by atoms with E-state index >= 15 is 0 Å². The molecule has 18 heavy (non-hydrogen) atoms. The molecule has 1 rings (SSSR count). The van der Waals surface area contributed by atoms with E-state index in [-0.39, 0.29) is 18.3 Å². The highest BCUT2D eigenvalue weighted by Gasteiger charge is 2.30. The normalized spacial score (nSPS) is 12.0. The lowest BCUT2D eigenvalue weighted by molar-refractivity contribution is -0.119. The predicted octanol–water partition coefficient (Wildman–Crippen LogP) is 2.70. The minimum absolute atomic E-state index is 0.0922. The van der Waals surface area contributed by atoms with Gasteiger partial charge in [0.1, 0.15) is 12.4 Å². The Labute approximate surface area is 104 Å². The molecule has 0 amide bonds. The minimum Gasteiger partial charge on any atom is -0.392 e. The van der Waals surface area contributed by atoms with E-state index in [2.05, 4.69) is 4.98 Å². The van der Waals surface area contributed by atoms with Gasteiger partial charge in [-0.25, -0.2) is 4.98 Å². The van der Waals surface area contributed by atoms with E-state index in [1.54, 1.807) is 6.07 Å². The molecule has 0 aliphatic rings. The lowest BCUT2D eigenvalue weighted by Crippen LogP contribution is -2.31. The second-order valence-corrected chi connectivity index (χ2v) is 4.54. The molecule has 102 valence electrons. The molecule has 0 radical (unpaired) electrons. The number of alkyl halides is 3. The van der Waals surface area contributed by atoms with Crippen molar-refractivity contribution in [1.82, 2.24) is 4.98 Å². The topological polar surface area (TPSA) is 36.4 Å². The van der Waals surface area contributed by atoms with E-state index in [1.165, 1.54) is 13.1 Å². The second kappa shape index (κ2) is 5.56. The Hall–Kier alpha value is -1.30. The van der Waals surface area contributed by atoms with Crippen LogP contribution in [0.2, 0.25) is 0 Å². The number of hydrogen-bond donors (Lipinski definition) is 1. The molecular formula is C12H17F3N2O. The Bertz CT molecular complexity index is 405. The Kier molecular flexibility index (Phi) is 4.56. The highest BCUT2D eigenvalue weighted by atomic mass is 19.4. The summed E-state index contributed by atoms with van der Waals surface area (Å²) in [7, 11) is 1.33. The smallest absolute Gasteiger partial charge is 0.392 e.